The van der Waals surface area contributed by atoms with Crippen LogP contribution in [-0.2, 0) is 4.79 Å². The third-order valence-corrected chi connectivity index (χ3v) is 4.58. The van der Waals surface area contributed by atoms with Crippen molar-refractivity contribution in [3.05, 3.63) is 0 Å². The Bertz CT molecular complexity index is 280. The Morgan fingerprint density at radius 2 is 2.00 bits per heavy atom. The molecule has 0 radical (unpaired) electrons. The zero-order valence-electron chi connectivity index (χ0n) is 12.0. The molecule has 1 amide bonds. The molecule has 18 heavy (non-hydrogen) atoms. The molecule has 3 unspecified atom stereocenters. The van der Waals surface area contributed by atoms with Gasteiger partial charge in [0.25, 0.3) is 0 Å². The third kappa shape index (κ3) is 3.05. The molecule has 3 nitrogen and oxygen atoms in total. The summed E-state index contributed by atoms with van der Waals surface area (Å²) in [5.74, 6) is 1.06. The van der Waals surface area contributed by atoms with Gasteiger partial charge in [0.2, 0.25) is 5.91 Å². The Balaban J connectivity index is 1.96. The number of nitrogens with one attached hydrogen (secondary N) is 1. The van der Waals surface area contributed by atoms with Crippen LogP contribution in [0.25, 0.3) is 0 Å². The van der Waals surface area contributed by atoms with Gasteiger partial charge in [-0.1, -0.05) is 26.7 Å². The van der Waals surface area contributed by atoms with Gasteiger partial charge in [-0.3, -0.25) is 4.79 Å². The Kier molecular flexibility index (Phi) is 5.04. The van der Waals surface area contributed by atoms with Crippen molar-refractivity contribution in [1.82, 2.24) is 10.2 Å². The van der Waals surface area contributed by atoms with Gasteiger partial charge in [-0.25, -0.2) is 0 Å². The number of amides is 1. The summed E-state index contributed by atoms with van der Waals surface area (Å²) in [4.78, 5) is 14.7. The number of piperidine rings is 1. The molecule has 1 heterocycles. The smallest absolute Gasteiger partial charge is 0.239 e. The van der Waals surface area contributed by atoms with E-state index in [2.05, 4.69) is 24.1 Å². The standard InChI is InChI=1S/C15H28N2O/c1-3-10-16-13-8-6-11-17(15(13)18)14-9-5-4-7-12(14)2/h12-14,16H,3-11H2,1-2H3. The van der Waals surface area contributed by atoms with Gasteiger partial charge in [-0.05, 0) is 44.6 Å². The first-order chi connectivity index (χ1) is 8.74. The highest BCUT2D eigenvalue weighted by atomic mass is 16.2. The number of carbonyl (C=O) groups excluding carboxylic acids is 1. The van der Waals surface area contributed by atoms with Crippen molar-refractivity contribution in [3.63, 3.8) is 0 Å². The van der Waals surface area contributed by atoms with Gasteiger partial charge < -0.3 is 10.2 Å². The van der Waals surface area contributed by atoms with Crippen molar-refractivity contribution < 1.29 is 4.79 Å². The van der Waals surface area contributed by atoms with Gasteiger partial charge in [0.05, 0.1) is 6.04 Å². The van der Waals surface area contributed by atoms with Gasteiger partial charge in [0, 0.05) is 12.6 Å². The second-order valence-corrected chi connectivity index (χ2v) is 6.01. The van der Waals surface area contributed by atoms with Crippen LogP contribution in [0.2, 0.25) is 0 Å². The van der Waals surface area contributed by atoms with E-state index in [9.17, 15) is 4.79 Å². The minimum absolute atomic E-state index is 0.0906. The number of hydrogen-bond acceptors (Lipinski definition) is 2. The van der Waals surface area contributed by atoms with Crippen LogP contribution in [0.4, 0.5) is 0 Å². The second kappa shape index (κ2) is 6.55. The van der Waals surface area contributed by atoms with Crippen LogP contribution in [0.3, 0.4) is 0 Å². The lowest BCUT2D eigenvalue weighted by molar-refractivity contribution is -0.140. The lowest BCUT2D eigenvalue weighted by Crippen LogP contribution is -2.56. The Labute approximate surface area is 111 Å². The molecule has 2 fully saturated rings. The van der Waals surface area contributed by atoms with Crippen molar-refractivity contribution in [2.45, 2.75) is 70.9 Å². The summed E-state index contributed by atoms with van der Waals surface area (Å²) >= 11 is 0. The molecule has 0 aromatic rings. The van der Waals surface area contributed by atoms with Crippen LogP contribution < -0.4 is 5.32 Å². The molecule has 3 heteroatoms. The van der Waals surface area contributed by atoms with Crippen molar-refractivity contribution in [2.75, 3.05) is 13.1 Å². The van der Waals surface area contributed by atoms with Crippen molar-refractivity contribution in [3.8, 4) is 0 Å². The fourth-order valence-corrected chi connectivity index (χ4v) is 3.50. The molecule has 1 aliphatic carbocycles. The quantitative estimate of drug-likeness (QED) is 0.834. The number of rotatable bonds is 4. The van der Waals surface area contributed by atoms with Gasteiger partial charge in [-0.2, -0.15) is 0 Å². The van der Waals surface area contributed by atoms with Crippen molar-refractivity contribution >= 4 is 5.91 Å². The number of hydrogen-bond donors (Lipinski definition) is 1. The molecule has 0 spiro atoms. The third-order valence-electron chi connectivity index (χ3n) is 4.58. The summed E-state index contributed by atoms with van der Waals surface area (Å²) in [6.45, 7) is 6.42. The summed E-state index contributed by atoms with van der Waals surface area (Å²) < 4.78 is 0. The number of likely N-dealkylation sites (tertiary alicyclic amines) is 1. The molecule has 0 aromatic heterocycles. The number of carbonyl (C=O) groups is 1. The summed E-state index contributed by atoms with van der Waals surface area (Å²) in [6.07, 6.45) is 8.44. The van der Waals surface area contributed by atoms with E-state index >= 15 is 0 Å². The highest BCUT2D eigenvalue weighted by Gasteiger charge is 2.35. The molecule has 0 bridgehead atoms. The predicted molar refractivity (Wildman–Crippen MR) is 74.4 cm³/mol. The van der Waals surface area contributed by atoms with Crippen LogP contribution in [0.1, 0.15) is 58.8 Å². The largest absolute Gasteiger partial charge is 0.338 e. The number of nitrogens with zero attached hydrogens (tertiary/aromatic N) is 1. The maximum atomic E-state index is 12.5. The van der Waals surface area contributed by atoms with E-state index in [1.165, 1.54) is 25.7 Å². The van der Waals surface area contributed by atoms with Gasteiger partial charge in [0.1, 0.15) is 0 Å². The molecule has 1 N–H and O–H groups in total. The SMILES string of the molecule is CCCNC1CCCN(C2CCCCC2C)C1=O. The molecule has 3 atom stereocenters. The molecular formula is C15H28N2O. The first-order valence-corrected chi connectivity index (χ1v) is 7.78. The molecule has 1 aliphatic heterocycles. The van der Waals surface area contributed by atoms with E-state index in [0.29, 0.717) is 17.9 Å². The lowest BCUT2D eigenvalue weighted by Gasteiger charge is -2.43. The first-order valence-electron chi connectivity index (χ1n) is 7.78. The average Bonchev–Trinajstić information content (AvgIpc) is 2.39. The van der Waals surface area contributed by atoms with Gasteiger partial charge >= 0.3 is 0 Å². The maximum Gasteiger partial charge on any atom is 0.239 e. The fraction of sp³-hybridized carbons (Fsp3) is 0.933. The Morgan fingerprint density at radius 1 is 1.22 bits per heavy atom. The van der Waals surface area contributed by atoms with E-state index in [1.807, 2.05) is 0 Å². The zero-order chi connectivity index (χ0) is 13.0. The Morgan fingerprint density at radius 3 is 2.72 bits per heavy atom. The fourth-order valence-electron chi connectivity index (χ4n) is 3.50. The van der Waals surface area contributed by atoms with E-state index in [1.54, 1.807) is 0 Å². The van der Waals surface area contributed by atoms with E-state index in [4.69, 9.17) is 0 Å². The predicted octanol–water partition coefficient (Wildman–Crippen LogP) is 2.56. The van der Waals surface area contributed by atoms with Crippen molar-refractivity contribution in [2.24, 2.45) is 5.92 Å². The molecular weight excluding hydrogens is 224 g/mol. The normalized spacial score (nSPS) is 33.8. The summed E-state index contributed by atoms with van der Waals surface area (Å²) in [6, 6.07) is 0.602. The monoisotopic (exact) mass is 252 g/mol. The maximum absolute atomic E-state index is 12.5. The minimum Gasteiger partial charge on any atom is -0.338 e. The minimum atomic E-state index is 0.0906. The summed E-state index contributed by atoms with van der Waals surface area (Å²) in [5, 5.41) is 3.41. The van der Waals surface area contributed by atoms with Gasteiger partial charge in [0.15, 0.2) is 0 Å². The van der Waals surface area contributed by atoms with E-state index < -0.39 is 0 Å². The van der Waals surface area contributed by atoms with E-state index in [-0.39, 0.29) is 6.04 Å². The average molecular weight is 252 g/mol. The second-order valence-electron chi connectivity index (χ2n) is 6.01. The lowest BCUT2D eigenvalue weighted by atomic mass is 9.83. The molecule has 104 valence electrons. The summed E-state index contributed by atoms with van der Waals surface area (Å²) in [7, 11) is 0. The molecule has 1 saturated heterocycles. The van der Waals surface area contributed by atoms with E-state index in [0.717, 1.165) is 32.4 Å². The van der Waals surface area contributed by atoms with Crippen LogP contribution in [0.15, 0.2) is 0 Å². The highest BCUT2D eigenvalue weighted by Crippen LogP contribution is 2.30. The zero-order valence-corrected chi connectivity index (χ0v) is 12.0. The van der Waals surface area contributed by atoms with Crippen LogP contribution in [0.5, 0.6) is 0 Å². The molecule has 2 aliphatic rings. The van der Waals surface area contributed by atoms with Crippen molar-refractivity contribution in [1.29, 1.82) is 0 Å². The van der Waals surface area contributed by atoms with Crippen LogP contribution in [0, 0.1) is 5.92 Å². The highest BCUT2D eigenvalue weighted by molar-refractivity contribution is 5.83. The molecule has 2 rings (SSSR count). The molecule has 1 saturated carbocycles. The van der Waals surface area contributed by atoms with Crippen LogP contribution >= 0.6 is 0 Å². The molecule has 0 aromatic carbocycles. The van der Waals surface area contributed by atoms with Crippen LogP contribution in [-0.4, -0.2) is 36.0 Å². The topological polar surface area (TPSA) is 32.3 Å². The Hall–Kier alpha value is -0.570. The summed E-state index contributed by atoms with van der Waals surface area (Å²) in [5.41, 5.74) is 0. The van der Waals surface area contributed by atoms with Gasteiger partial charge in [-0.15, -0.1) is 0 Å². The first kappa shape index (κ1) is 13.9.